The molecule has 2 amide bonds. The summed E-state index contributed by atoms with van der Waals surface area (Å²) >= 11 is 0. The number of hydrazone groups is 1. The smallest absolute Gasteiger partial charge is 0.428 e. The second-order valence-corrected chi connectivity index (χ2v) is 4.71. The van der Waals surface area contributed by atoms with E-state index >= 15 is 0 Å². The largest absolute Gasteiger partial charge is 0.443 e. The monoisotopic (exact) mass is 302 g/mol. The summed E-state index contributed by atoms with van der Waals surface area (Å²) in [7, 11) is 0. The predicted molar refractivity (Wildman–Crippen MR) is 82.8 cm³/mol. The number of carbonyl (C=O) groups excluding carboxylic acids is 2. The third kappa shape index (κ3) is 4.69. The summed E-state index contributed by atoms with van der Waals surface area (Å²) in [6, 6.07) is 9.32. The lowest BCUT2D eigenvalue weighted by molar-refractivity contribution is -0.114. The SMILES string of the molecule is C/C(=N/NC(=O)OCc1ccccc1)C1=NCCCNC1=O. The third-order valence-corrected chi connectivity index (χ3v) is 2.98. The van der Waals surface area contributed by atoms with Crippen molar-refractivity contribution in [3.63, 3.8) is 0 Å². The zero-order valence-corrected chi connectivity index (χ0v) is 12.3. The van der Waals surface area contributed by atoms with Crippen LogP contribution in [-0.4, -0.2) is 36.5 Å². The molecule has 2 N–H and O–H groups in total. The van der Waals surface area contributed by atoms with Crippen molar-refractivity contribution in [3.8, 4) is 0 Å². The number of nitrogens with zero attached hydrogens (tertiary/aromatic N) is 2. The zero-order chi connectivity index (χ0) is 15.8. The Bertz CT molecular complexity index is 596. The van der Waals surface area contributed by atoms with Crippen LogP contribution in [0.4, 0.5) is 4.79 Å². The third-order valence-electron chi connectivity index (χ3n) is 2.98. The number of amides is 2. The Morgan fingerprint density at radius 3 is 2.95 bits per heavy atom. The van der Waals surface area contributed by atoms with Crippen molar-refractivity contribution >= 4 is 23.4 Å². The van der Waals surface area contributed by atoms with Gasteiger partial charge in [-0.05, 0) is 18.9 Å². The molecule has 1 heterocycles. The van der Waals surface area contributed by atoms with Gasteiger partial charge in [0.2, 0.25) is 0 Å². The average molecular weight is 302 g/mol. The molecule has 116 valence electrons. The van der Waals surface area contributed by atoms with Gasteiger partial charge in [0.1, 0.15) is 12.3 Å². The van der Waals surface area contributed by atoms with Gasteiger partial charge in [-0.2, -0.15) is 5.10 Å². The zero-order valence-electron chi connectivity index (χ0n) is 12.3. The van der Waals surface area contributed by atoms with Crippen LogP contribution < -0.4 is 10.7 Å². The summed E-state index contributed by atoms with van der Waals surface area (Å²) < 4.78 is 5.02. The van der Waals surface area contributed by atoms with Crippen molar-refractivity contribution < 1.29 is 14.3 Å². The Kier molecular flexibility index (Phi) is 5.65. The molecule has 0 saturated heterocycles. The van der Waals surface area contributed by atoms with Crippen molar-refractivity contribution in [2.24, 2.45) is 10.1 Å². The summed E-state index contributed by atoms with van der Waals surface area (Å²) in [6.07, 6.45) is 0.104. The van der Waals surface area contributed by atoms with Crippen LogP contribution in [-0.2, 0) is 16.1 Å². The van der Waals surface area contributed by atoms with E-state index in [1.165, 1.54) is 0 Å². The van der Waals surface area contributed by atoms with E-state index in [9.17, 15) is 9.59 Å². The quantitative estimate of drug-likeness (QED) is 0.647. The first-order valence-electron chi connectivity index (χ1n) is 7.01. The summed E-state index contributed by atoms with van der Waals surface area (Å²) in [4.78, 5) is 27.5. The van der Waals surface area contributed by atoms with Crippen molar-refractivity contribution in [3.05, 3.63) is 35.9 Å². The minimum Gasteiger partial charge on any atom is -0.443 e. The van der Waals surface area contributed by atoms with Gasteiger partial charge in [0.15, 0.2) is 0 Å². The molecule has 0 spiro atoms. The molecule has 7 heteroatoms. The van der Waals surface area contributed by atoms with Gasteiger partial charge in [0.25, 0.3) is 5.91 Å². The highest BCUT2D eigenvalue weighted by molar-refractivity contribution is 6.66. The fraction of sp³-hybridized carbons (Fsp3) is 0.333. The molecule has 0 unspecified atom stereocenters. The number of aliphatic imine (C=N–C) groups is 1. The lowest BCUT2D eigenvalue weighted by atomic mass is 10.2. The van der Waals surface area contributed by atoms with Gasteiger partial charge in [-0.3, -0.25) is 9.79 Å². The Hall–Kier alpha value is -2.70. The first kappa shape index (κ1) is 15.7. The van der Waals surface area contributed by atoms with Crippen LogP contribution in [0, 0.1) is 0 Å². The minimum absolute atomic E-state index is 0.155. The van der Waals surface area contributed by atoms with E-state index in [0.29, 0.717) is 18.8 Å². The maximum atomic E-state index is 11.7. The predicted octanol–water partition coefficient (Wildman–Crippen LogP) is 1.25. The first-order valence-corrected chi connectivity index (χ1v) is 7.01. The molecule has 0 bridgehead atoms. The summed E-state index contributed by atoms with van der Waals surface area (Å²) in [5.74, 6) is -0.279. The number of benzene rings is 1. The maximum absolute atomic E-state index is 11.7. The minimum atomic E-state index is -0.683. The topological polar surface area (TPSA) is 92.2 Å². The highest BCUT2D eigenvalue weighted by Gasteiger charge is 2.16. The molecule has 0 saturated carbocycles. The highest BCUT2D eigenvalue weighted by atomic mass is 16.6. The fourth-order valence-corrected chi connectivity index (χ4v) is 1.84. The first-order chi connectivity index (χ1) is 10.7. The van der Waals surface area contributed by atoms with Crippen molar-refractivity contribution in [1.29, 1.82) is 0 Å². The van der Waals surface area contributed by atoms with Gasteiger partial charge in [0.05, 0.1) is 5.71 Å². The molecule has 0 aliphatic carbocycles. The van der Waals surface area contributed by atoms with Crippen LogP contribution in [0.1, 0.15) is 18.9 Å². The van der Waals surface area contributed by atoms with Crippen LogP contribution in [0.25, 0.3) is 0 Å². The van der Waals surface area contributed by atoms with Gasteiger partial charge in [-0.25, -0.2) is 10.2 Å². The van der Waals surface area contributed by atoms with E-state index in [-0.39, 0.29) is 18.2 Å². The molecular weight excluding hydrogens is 284 g/mol. The Morgan fingerprint density at radius 2 is 2.18 bits per heavy atom. The van der Waals surface area contributed by atoms with Crippen molar-refractivity contribution in [2.45, 2.75) is 20.0 Å². The van der Waals surface area contributed by atoms with E-state index < -0.39 is 6.09 Å². The molecule has 0 radical (unpaired) electrons. The Balaban J connectivity index is 1.86. The second kappa shape index (κ2) is 7.92. The van der Waals surface area contributed by atoms with Gasteiger partial charge in [-0.15, -0.1) is 0 Å². The van der Waals surface area contributed by atoms with E-state index in [0.717, 1.165) is 12.0 Å². The summed E-state index contributed by atoms with van der Waals surface area (Å²) in [5, 5.41) is 6.57. The molecule has 7 nitrogen and oxygen atoms in total. The molecule has 1 aliphatic heterocycles. The van der Waals surface area contributed by atoms with Crippen molar-refractivity contribution in [2.75, 3.05) is 13.1 Å². The summed E-state index contributed by atoms with van der Waals surface area (Å²) in [5.41, 5.74) is 3.72. The molecule has 1 aromatic rings. The highest BCUT2D eigenvalue weighted by Crippen LogP contribution is 2.00. The number of rotatable bonds is 4. The molecule has 0 fully saturated rings. The second-order valence-electron chi connectivity index (χ2n) is 4.71. The Morgan fingerprint density at radius 1 is 1.41 bits per heavy atom. The van der Waals surface area contributed by atoms with E-state index in [1.807, 2.05) is 30.3 Å². The molecule has 1 aromatic carbocycles. The standard InChI is InChI=1S/C15H18N4O3/c1-11(13-14(20)17-9-5-8-16-13)18-19-15(21)22-10-12-6-3-2-4-7-12/h2-4,6-7H,5,8-10H2,1H3,(H,17,20)(H,19,21)/b18-11-. The van der Waals surface area contributed by atoms with E-state index in [4.69, 9.17) is 4.74 Å². The van der Waals surface area contributed by atoms with Crippen LogP contribution >= 0.6 is 0 Å². The van der Waals surface area contributed by atoms with E-state index in [2.05, 4.69) is 20.8 Å². The lowest BCUT2D eigenvalue weighted by Gasteiger charge is -2.06. The van der Waals surface area contributed by atoms with Crippen LogP contribution in [0.5, 0.6) is 0 Å². The van der Waals surface area contributed by atoms with E-state index in [1.54, 1.807) is 6.92 Å². The number of hydrogen-bond donors (Lipinski definition) is 2. The normalized spacial score (nSPS) is 15.4. The average Bonchev–Trinajstić information content (AvgIpc) is 2.76. The molecule has 0 atom stereocenters. The van der Waals surface area contributed by atoms with Crippen LogP contribution in [0.3, 0.4) is 0 Å². The molecule has 22 heavy (non-hydrogen) atoms. The number of ether oxygens (including phenoxy) is 1. The van der Waals surface area contributed by atoms with Gasteiger partial charge in [0, 0.05) is 13.1 Å². The Labute approximate surface area is 128 Å². The van der Waals surface area contributed by atoms with Gasteiger partial charge < -0.3 is 10.1 Å². The van der Waals surface area contributed by atoms with Crippen LogP contribution in [0.15, 0.2) is 40.4 Å². The fourth-order valence-electron chi connectivity index (χ4n) is 1.84. The number of carbonyl (C=O) groups is 2. The number of nitrogens with one attached hydrogen (secondary N) is 2. The van der Waals surface area contributed by atoms with Gasteiger partial charge in [-0.1, -0.05) is 30.3 Å². The molecule has 2 rings (SSSR count). The maximum Gasteiger partial charge on any atom is 0.428 e. The lowest BCUT2D eigenvalue weighted by Crippen LogP contribution is -2.35. The molecule has 1 aliphatic rings. The van der Waals surface area contributed by atoms with Gasteiger partial charge >= 0.3 is 6.09 Å². The molecule has 0 aromatic heterocycles. The number of hydrogen-bond acceptors (Lipinski definition) is 5. The van der Waals surface area contributed by atoms with Crippen LogP contribution in [0.2, 0.25) is 0 Å². The molecular formula is C15H18N4O3. The van der Waals surface area contributed by atoms with Crippen molar-refractivity contribution in [1.82, 2.24) is 10.7 Å². The summed E-state index contributed by atoms with van der Waals surface area (Å²) in [6.45, 7) is 2.91.